The van der Waals surface area contributed by atoms with Crippen molar-refractivity contribution in [2.45, 2.75) is 19.0 Å². The van der Waals surface area contributed by atoms with E-state index in [1.165, 1.54) is 11.0 Å². The fraction of sp³-hybridized carbons (Fsp3) is 0.160. The zero-order valence-electron chi connectivity index (χ0n) is 17.4. The number of benzene rings is 3. The summed E-state index contributed by atoms with van der Waals surface area (Å²) in [5, 5.41) is 2.66. The average Bonchev–Trinajstić information content (AvgIpc) is 2.90. The van der Waals surface area contributed by atoms with Crippen LogP contribution >= 0.6 is 0 Å². The Balaban J connectivity index is 1.60. The molecule has 1 heterocycles. The zero-order chi connectivity index (χ0) is 22.7. The first kappa shape index (κ1) is 21.4. The highest BCUT2D eigenvalue weighted by Gasteiger charge is 2.30. The summed E-state index contributed by atoms with van der Waals surface area (Å²) in [5.41, 5.74) is 3.10. The molecular formula is C25H21F2N3O2. The predicted octanol–water partition coefficient (Wildman–Crippen LogP) is 3.85. The van der Waals surface area contributed by atoms with Crippen LogP contribution in [-0.4, -0.2) is 30.7 Å². The van der Waals surface area contributed by atoms with Crippen LogP contribution < -0.4 is 10.2 Å². The standard InChI is InChI=1S/C25H21F2N3O2/c1-30-21-10-6-5-9-19(21)23(17-7-3-2-4-8-17)29-24(25(30)32)28-22(31)14-12-16-11-13-18(26)15-20(16)27/h2-11,13,15,24H,12,14H2,1H3,(H,28,31). The molecule has 0 fully saturated rings. The van der Waals surface area contributed by atoms with E-state index in [0.29, 0.717) is 11.4 Å². The number of aliphatic imine (C=N–C) groups is 1. The van der Waals surface area contributed by atoms with Crippen LogP contribution in [0.4, 0.5) is 14.5 Å². The first-order valence-electron chi connectivity index (χ1n) is 10.2. The van der Waals surface area contributed by atoms with E-state index in [1.54, 1.807) is 7.05 Å². The van der Waals surface area contributed by atoms with Crippen LogP contribution in [0.1, 0.15) is 23.1 Å². The molecule has 7 heteroatoms. The second kappa shape index (κ2) is 9.09. The van der Waals surface area contributed by atoms with Gasteiger partial charge in [0.05, 0.1) is 11.4 Å². The monoisotopic (exact) mass is 433 g/mol. The fourth-order valence-electron chi connectivity index (χ4n) is 3.64. The van der Waals surface area contributed by atoms with Crippen LogP contribution in [0.3, 0.4) is 0 Å². The molecule has 4 rings (SSSR count). The Morgan fingerprint density at radius 1 is 1.03 bits per heavy atom. The largest absolute Gasteiger partial charge is 0.327 e. The number of fused-ring (bicyclic) bond motifs is 1. The number of nitrogens with zero attached hydrogens (tertiary/aromatic N) is 2. The van der Waals surface area contributed by atoms with Crippen molar-refractivity contribution in [3.05, 3.63) is 101 Å². The molecule has 0 aromatic heterocycles. The van der Waals surface area contributed by atoms with E-state index in [9.17, 15) is 18.4 Å². The summed E-state index contributed by atoms with van der Waals surface area (Å²) >= 11 is 0. The quantitative estimate of drug-likeness (QED) is 0.664. The lowest BCUT2D eigenvalue weighted by Gasteiger charge is -2.20. The van der Waals surface area contributed by atoms with Gasteiger partial charge in [-0.1, -0.05) is 54.6 Å². The Kier molecular flexibility index (Phi) is 6.07. The van der Waals surface area contributed by atoms with Crippen LogP contribution in [0.25, 0.3) is 0 Å². The molecule has 2 amide bonds. The predicted molar refractivity (Wildman–Crippen MR) is 119 cm³/mol. The second-order valence-corrected chi connectivity index (χ2v) is 7.46. The van der Waals surface area contributed by atoms with Crippen LogP contribution in [-0.2, 0) is 16.0 Å². The van der Waals surface area contributed by atoms with E-state index >= 15 is 0 Å². The van der Waals surface area contributed by atoms with Crippen molar-refractivity contribution in [1.82, 2.24) is 5.32 Å². The van der Waals surface area contributed by atoms with Crippen LogP contribution in [0.5, 0.6) is 0 Å². The number of benzodiazepines with no additional fused rings is 1. The van der Waals surface area contributed by atoms with E-state index in [4.69, 9.17) is 0 Å². The highest BCUT2D eigenvalue weighted by Crippen LogP contribution is 2.27. The maximum atomic E-state index is 13.9. The highest BCUT2D eigenvalue weighted by molar-refractivity contribution is 6.20. The van der Waals surface area contributed by atoms with Crippen molar-refractivity contribution in [2.24, 2.45) is 4.99 Å². The molecule has 1 unspecified atom stereocenters. The molecule has 162 valence electrons. The number of carbonyl (C=O) groups is 2. The third-order valence-electron chi connectivity index (χ3n) is 5.32. The van der Waals surface area contributed by atoms with Gasteiger partial charge in [0.2, 0.25) is 12.1 Å². The lowest BCUT2D eigenvalue weighted by molar-refractivity contribution is -0.127. The van der Waals surface area contributed by atoms with Crippen molar-refractivity contribution in [3.63, 3.8) is 0 Å². The minimum absolute atomic E-state index is 0.0703. The minimum atomic E-state index is -1.13. The van der Waals surface area contributed by atoms with E-state index < -0.39 is 23.7 Å². The Morgan fingerprint density at radius 2 is 1.75 bits per heavy atom. The van der Waals surface area contributed by atoms with Gasteiger partial charge in [-0.3, -0.25) is 9.59 Å². The fourth-order valence-corrected chi connectivity index (χ4v) is 3.64. The molecule has 0 radical (unpaired) electrons. The molecule has 5 nitrogen and oxygen atoms in total. The van der Waals surface area contributed by atoms with Gasteiger partial charge in [0.15, 0.2) is 0 Å². The number of hydrogen-bond donors (Lipinski definition) is 1. The summed E-state index contributed by atoms with van der Waals surface area (Å²) in [6.07, 6.45) is -1.13. The van der Waals surface area contributed by atoms with Crippen molar-refractivity contribution in [2.75, 3.05) is 11.9 Å². The Morgan fingerprint density at radius 3 is 2.50 bits per heavy atom. The molecular weight excluding hydrogens is 412 g/mol. The maximum absolute atomic E-state index is 13.9. The van der Waals surface area contributed by atoms with Gasteiger partial charge in [0.25, 0.3) is 5.91 Å². The average molecular weight is 433 g/mol. The number of para-hydroxylation sites is 1. The van der Waals surface area contributed by atoms with E-state index in [1.807, 2.05) is 54.6 Å². The number of aryl methyl sites for hydroxylation is 1. The molecule has 1 N–H and O–H groups in total. The van der Waals surface area contributed by atoms with Gasteiger partial charge < -0.3 is 10.2 Å². The molecule has 3 aromatic rings. The number of hydrogen-bond acceptors (Lipinski definition) is 3. The van der Waals surface area contributed by atoms with Gasteiger partial charge in [0.1, 0.15) is 11.6 Å². The third kappa shape index (κ3) is 4.42. The van der Waals surface area contributed by atoms with Gasteiger partial charge in [-0.05, 0) is 24.1 Å². The van der Waals surface area contributed by atoms with E-state index in [-0.39, 0.29) is 24.3 Å². The summed E-state index contributed by atoms with van der Waals surface area (Å²) in [4.78, 5) is 31.8. The number of likely N-dealkylation sites (N-methyl/N-ethyl adjacent to an activating group) is 1. The summed E-state index contributed by atoms with van der Waals surface area (Å²) in [5.74, 6) is -2.22. The molecule has 0 saturated carbocycles. The van der Waals surface area contributed by atoms with E-state index in [0.717, 1.165) is 23.3 Å². The first-order valence-corrected chi connectivity index (χ1v) is 10.2. The van der Waals surface area contributed by atoms with Crippen molar-refractivity contribution in [3.8, 4) is 0 Å². The van der Waals surface area contributed by atoms with Gasteiger partial charge >= 0.3 is 0 Å². The molecule has 1 aliphatic heterocycles. The Labute approximate surface area is 184 Å². The van der Waals surface area contributed by atoms with Gasteiger partial charge in [0, 0.05) is 30.7 Å². The van der Waals surface area contributed by atoms with Crippen LogP contribution in [0.15, 0.2) is 77.8 Å². The van der Waals surface area contributed by atoms with Crippen molar-refractivity contribution in [1.29, 1.82) is 0 Å². The highest BCUT2D eigenvalue weighted by atomic mass is 19.1. The molecule has 3 aromatic carbocycles. The molecule has 32 heavy (non-hydrogen) atoms. The zero-order valence-corrected chi connectivity index (χ0v) is 17.4. The van der Waals surface area contributed by atoms with Crippen LogP contribution in [0.2, 0.25) is 0 Å². The second-order valence-electron chi connectivity index (χ2n) is 7.46. The SMILES string of the molecule is CN1C(=O)C(NC(=O)CCc2ccc(F)cc2F)N=C(c2ccccc2)c2ccccc21. The Hall–Kier alpha value is -3.87. The van der Waals surface area contributed by atoms with Crippen molar-refractivity contribution < 1.29 is 18.4 Å². The van der Waals surface area contributed by atoms with Gasteiger partial charge in [-0.15, -0.1) is 0 Å². The number of halogens is 2. The first-order chi connectivity index (χ1) is 15.4. The smallest absolute Gasteiger partial charge is 0.272 e. The number of carbonyl (C=O) groups excluding carboxylic acids is 2. The number of rotatable bonds is 5. The number of nitrogens with one attached hydrogen (secondary N) is 1. The molecule has 0 spiro atoms. The van der Waals surface area contributed by atoms with Crippen LogP contribution in [0, 0.1) is 11.6 Å². The molecule has 0 bridgehead atoms. The summed E-state index contributed by atoms with van der Waals surface area (Å²) < 4.78 is 26.9. The molecule has 0 saturated heterocycles. The molecule has 1 atom stereocenters. The van der Waals surface area contributed by atoms with E-state index in [2.05, 4.69) is 10.3 Å². The Bertz CT molecular complexity index is 1190. The van der Waals surface area contributed by atoms with Gasteiger partial charge in [-0.25, -0.2) is 13.8 Å². The molecule has 1 aliphatic rings. The lowest BCUT2D eigenvalue weighted by Crippen LogP contribution is -2.46. The lowest BCUT2D eigenvalue weighted by atomic mass is 10.0. The maximum Gasteiger partial charge on any atom is 0.272 e. The summed E-state index contributed by atoms with van der Waals surface area (Å²) in [6, 6.07) is 20.1. The van der Waals surface area contributed by atoms with Gasteiger partial charge in [-0.2, -0.15) is 0 Å². The summed E-state index contributed by atoms with van der Waals surface area (Å²) in [6.45, 7) is 0. The normalized spacial score (nSPS) is 15.6. The van der Waals surface area contributed by atoms with Crippen molar-refractivity contribution >= 4 is 23.2 Å². The minimum Gasteiger partial charge on any atom is -0.327 e. The molecule has 0 aliphatic carbocycles. The number of anilines is 1. The third-order valence-corrected chi connectivity index (χ3v) is 5.32. The topological polar surface area (TPSA) is 61.8 Å². The summed E-state index contributed by atoms with van der Waals surface area (Å²) in [7, 11) is 1.64. The number of amides is 2.